The quantitative estimate of drug-likeness (QED) is 0.778. The summed E-state index contributed by atoms with van der Waals surface area (Å²) in [6.07, 6.45) is 2.32. The second-order valence-corrected chi connectivity index (χ2v) is 8.37. The molecule has 3 aliphatic rings. The molecule has 0 radical (unpaired) electrons. The smallest absolute Gasteiger partial charge is 0.236 e. The molecule has 2 bridgehead atoms. The van der Waals surface area contributed by atoms with Gasteiger partial charge >= 0.3 is 0 Å². The molecule has 3 aliphatic heterocycles. The fraction of sp³-hybridized carbons (Fsp3) is 0.429. The predicted octanol–water partition coefficient (Wildman–Crippen LogP) is 2.95. The van der Waals surface area contributed by atoms with Crippen molar-refractivity contribution < 1.29 is 9.53 Å². The van der Waals surface area contributed by atoms with Crippen molar-refractivity contribution in [2.75, 3.05) is 13.1 Å². The summed E-state index contributed by atoms with van der Waals surface area (Å²) in [5.74, 6) is 0. The molecule has 1 aromatic carbocycles. The van der Waals surface area contributed by atoms with Crippen LogP contribution in [0.4, 0.5) is 0 Å². The number of hydrogen-bond acceptors (Lipinski definition) is 6. The van der Waals surface area contributed by atoms with Crippen LogP contribution in [-0.2, 0) is 15.1 Å². The van der Waals surface area contributed by atoms with E-state index < -0.39 is 9.99 Å². The Balaban J connectivity index is 1.79. The minimum absolute atomic E-state index is 0.0272. The van der Waals surface area contributed by atoms with Crippen LogP contribution < -0.4 is 0 Å². The largest absolute Gasteiger partial charge is 0.315 e. The van der Waals surface area contributed by atoms with Gasteiger partial charge in [0.05, 0.1) is 4.20 Å². The van der Waals surface area contributed by atoms with Crippen LogP contribution in [0.5, 0.6) is 0 Å². The van der Waals surface area contributed by atoms with Crippen molar-refractivity contribution in [3.63, 3.8) is 0 Å². The molecule has 3 heterocycles. The first-order valence-electron chi connectivity index (χ1n) is 6.65. The summed E-state index contributed by atoms with van der Waals surface area (Å²) >= 11 is 8.36. The van der Waals surface area contributed by atoms with E-state index in [2.05, 4.69) is 4.90 Å². The summed E-state index contributed by atoms with van der Waals surface area (Å²) in [5, 5.41) is 0.0272. The maximum atomic E-state index is 12.6. The van der Waals surface area contributed by atoms with Gasteiger partial charge in [-0.25, -0.2) is 0 Å². The lowest BCUT2D eigenvalue weighted by Crippen LogP contribution is -2.40. The highest BCUT2D eigenvalue weighted by molar-refractivity contribution is 8.36. The molecule has 1 aromatic rings. The van der Waals surface area contributed by atoms with Gasteiger partial charge in [0.15, 0.2) is 0 Å². The Morgan fingerprint density at radius 3 is 2.50 bits per heavy atom. The SMILES string of the molecule is O=C1SC2(N3CCCC3)OC1(c1ccccc1)C(=S)S2. The van der Waals surface area contributed by atoms with Crippen LogP contribution in [0.1, 0.15) is 18.4 Å². The van der Waals surface area contributed by atoms with Gasteiger partial charge < -0.3 is 4.74 Å². The van der Waals surface area contributed by atoms with Gasteiger partial charge in [-0.05, 0) is 30.2 Å². The first-order chi connectivity index (χ1) is 9.67. The van der Waals surface area contributed by atoms with Gasteiger partial charge in [0.1, 0.15) is 0 Å². The number of benzene rings is 1. The first kappa shape index (κ1) is 13.3. The molecule has 0 spiro atoms. The molecule has 3 nitrogen and oxygen atoms in total. The molecule has 2 unspecified atom stereocenters. The van der Waals surface area contributed by atoms with Gasteiger partial charge in [-0.2, -0.15) is 0 Å². The number of carbonyl (C=O) groups excluding carboxylic acids is 1. The highest BCUT2D eigenvalue weighted by Crippen LogP contribution is 2.65. The number of likely N-dealkylation sites (tertiary alicyclic amines) is 1. The number of carbonyl (C=O) groups is 1. The van der Waals surface area contributed by atoms with Crippen molar-refractivity contribution in [2.24, 2.45) is 0 Å². The van der Waals surface area contributed by atoms with E-state index >= 15 is 0 Å². The van der Waals surface area contributed by atoms with Crippen LogP contribution in [0, 0.1) is 0 Å². The molecule has 3 saturated heterocycles. The van der Waals surface area contributed by atoms with E-state index in [1.807, 2.05) is 30.3 Å². The summed E-state index contributed by atoms with van der Waals surface area (Å²) in [6, 6.07) is 9.64. The van der Waals surface area contributed by atoms with E-state index in [1.54, 1.807) is 0 Å². The van der Waals surface area contributed by atoms with Crippen molar-refractivity contribution >= 4 is 45.1 Å². The van der Waals surface area contributed by atoms with Crippen LogP contribution in [0.2, 0.25) is 0 Å². The molecule has 0 aromatic heterocycles. The topological polar surface area (TPSA) is 29.5 Å². The summed E-state index contributed by atoms with van der Waals surface area (Å²) in [4.78, 5) is 14.9. The molecule has 104 valence electrons. The Morgan fingerprint density at radius 1 is 1.15 bits per heavy atom. The third-order valence-electron chi connectivity index (χ3n) is 3.97. The second kappa shape index (κ2) is 4.55. The van der Waals surface area contributed by atoms with Crippen LogP contribution >= 0.6 is 35.7 Å². The van der Waals surface area contributed by atoms with E-state index in [-0.39, 0.29) is 5.12 Å². The Morgan fingerprint density at radius 2 is 1.85 bits per heavy atom. The van der Waals surface area contributed by atoms with Crippen molar-refractivity contribution in [3.05, 3.63) is 35.9 Å². The van der Waals surface area contributed by atoms with E-state index in [9.17, 15) is 4.79 Å². The molecular formula is C14H13NO2S3. The molecule has 0 saturated carbocycles. The average Bonchev–Trinajstić information content (AvgIpc) is 3.12. The standard InChI is InChI=1S/C14H13NO2S3/c16-11-13(10-6-2-1-3-7-10)12(18)20-14(17-13,19-11)15-8-4-5-9-15/h1-3,6-7H,4-5,8-9H2. The van der Waals surface area contributed by atoms with Gasteiger partial charge in [-0.1, -0.05) is 54.3 Å². The predicted molar refractivity (Wildman–Crippen MR) is 85.5 cm³/mol. The first-order valence-corrected chi connectivity index (χ1v) is 8.69. The van der Waals surface area contributed by atoms with Crippen molar-refractivity contribution in [2.45, 2.75) is 22.8 Å². The number of hydrogen-bond donors (Lipinski definition) is 0. The number of nitrogens with zero attached hydrogens (tertiary/aromatic N) is 1. The number of rotatable bonds is 2. The third kappa shape index (κ3) is 1.63. The fourth-order valence-electron chi connectivity index (χ4n) is 2.95. The fourth-order valence-corrected chi connectivity index (χ4v) is 6.70. The zero-order chi connectivity index (χ0) is 13.8. The number of thioether (sulfide) groups is 2. The maximum Gasteiger partial charge on any atom is 0.236 e. The Bertz CT molecular complexity index is 565. The van der Waals surface area contributed by atoms with E-state index in [0.29, 0.717) is 4.20 Å². The van der Waals surface area contributed by atoms with E-state index in [1.165, 1.54) is 23.5 Å². The summed E-state index contributed by atoms with van der Waals surface area (Å²) in [7, 11) is 0. The zero-order valence-electron chi connectivity index (χ0n) is 10.7. The Labute approximate surface area is 131 Å². The number of ether oxygens (including phenoxy) is 1. The average molecular weight is 323 g/mol. The summed E-state index contributed by atoms with van der Waals surface area (Å²) in [6.45, 7) is 1.95. The monoisotopic (exact) mass is 323 g/mol. The molecule has 0 aliphatic carbocycles. The normalized spacial score (nSPS) is 37.0. The minimum Gasteiger partial charge on any atom is -0.315 e. The molecule has 20 heavy (non-hydrogen) atoms. The minimum atomic E-state index is -1.03. The highest BCUT2D eigenvalue weighted by Gasteiger charge is 2.69. The van der Waals surface area contributed by atoms with Crippen LogP contribution in [0.3, 0.4) is 0 Å². The van der Waals surface area contributed by atoms with Gasteiger partial charge in [0, 0.05) is 13.1 Å². The number of fused-ring (bicyclic) bond motifs is 2. The molecule has 0 N–H and O–H groups in total. The zero-order valence-corrected chi connectivity index (χ0v) is 13.2. The van der Waals surface area contributed by atoms with Crippen LogP contribution in [-0.4, -0.2) is 31.7 Å². The molecule has 6 heteroatoms. The maximum absolute atomic E-state index is 12.6. The van der Waals surface area contributed by atoms with Crippen LogP contribution in [0.25, 0.3) is 0 Å². The lowest BCUT2D eigenvalue weighted by atomic mass is 9.97. The molecule has 0 amide bonds. The lowest BCUT2D eigenvalue weighted by Gasteiger charge is -2.31. The number of thiocarbonyl (C=S) groups is 1. The van der Waals surface area contributed by atoms with E-state index in [4.69, 9.17) is 17.0 Å². The van der Waals surface area contributed by atoms with Crippen molar-refractivity contribution in [1.82, 2.24) is 4.90 Å². The molecule has 2 atom stereocenters. The van der Waals surface area contributed by atoms with E-state index in [0.717, 1.165) is 31.5 Å². The third-order valence-corrected chi connectivity index (χ3v) is 7.16. The molecule has 4 rings (SSSR count). The van der Waals surface area contributed by atoms with Crippen molar-refractivity contribution in [3.8, 4) is 0 Å². The van der Waals surface area contributed by atoms with Gasteiger partial charge in [-0.15, -0.1) is 0 Å². The van der Waals surface area contributed by atoms with Gasteiger partial charge in [-0.3, -0.25) is 9.69 Å². The molecular weight excluding hydrogens is 310 g/mol. The second-order valence-electron chi connectivity index (χ2n) is 5.15. The summed E-state index contributed by atoms with van der Waals surface area (Å²) in [5.41, 5.74) is -0.178. The van der Waals surface area contributed by atoms with Crippen molar-refractivity contribution in [1.29, 1.82) is 0 Å². The Kier molecular flexibility index (Phi) is 3.02. The lowest BCUT2D eigenvalue weighted by molar-refractivity contribution is -0.130. The van der Waals surface area contributed by atoms with Gasteiger partial charge in [0.25, 0.3) is 0 Å². The molecule has 3 fully saturated rings. The summed E-state index contributed by atoms with van der Waals surface area (Å²) < 4.78 is 6.33. The van der Waals surface area contributed by atoms with Crippen LogP contribution in [0.15, 0.2) is 30.3 Å². The Hall–Kier alpha value is -0.400. The van der Waals surface area contributed by atoms with Gasteiger partial charge in [0.2, 0.25) is 15.1 Å². The highest BCUT2D eigenvalue weighted by atomic mass is 32.2.